The lowest BCUT2D eigenvalue weighted by Crippen LogP contribution is -2.45. The number of carbonyl (C=O) groups is 1. The second-order valence-electron chi connectivity index (χ2n) is 6.38. The predicted octanol–water partition coefficient (Wildman–Crippen LogP) is 1.88. The first-order valence-electron chi connectivity index (χ1n) is 7.87. The minimum absolute atomic E-state index is 0.0361. The monoisotopic (exact) mass is 301 g/mol. The SMILES string of the molecule is Cc1cc(C(=O)N2CCCC(N)C2)c2cnn(C(C)C)c2n1. The Labute approximate surface area is 130 Å². The molecular weight excluding hydrogens is 278 g/mol. The van der Waals surface area contributed by atoms with E-state index in [1.54, 1.807) is 6.20 Å². The minimum Gasteiger partial charge on any atom is -0.337 e. The molecule has 0 aliphatic carbocycles. The second kappa shape index (κ2) is 5.68. The summed E-state index contributed by atoms with van der Waals surface area (Å²) in [5.74, 6) is 0.0361. The van der Waals surface area contributed by atoms with Gasteiger partial charge in [-0.15, -0.1) is 0 Å². The Balaban J connectivity index is 2.04. The van der Waals surface area contributed by atoms with E-state index in [2.05, 4.69) is 23.9 Å². The third kappa shape index (κ3) is 2.59. The quantitative estimate of drug-likeness (QED) is 0.919. The summed E-state index contributed by atoms with van der Waals surface area (Å²) >= 11 is 0. The number of nitrogens with zero attached hydrogens (tertiary/aromatic N) is 4. The van der Waals surface area contributed by atoms with Crippen molar-refractivity contribution in [1.29, 1.82) is 0 Å². The third-order valence-corrected chi connectivity index (χ3v) is 4.16. The van der Waals surface area contributed by atoms with Gasteiger partial charge >= 0.3 is 0 Å². The van der Waals surface area contributed by atoms with Crippen molar-refractivity contribution < 1.29 is 4.79 Å². The molecular formula is C16H23N5O. The van der Waals surface area contributed by atoms with Gasteiger partial charge in [0.1, 0.15) is 0 Å². The number of fused-ring (bicyclic) bond motifs is 1. The van der Waals surface area contributed by atoms with Gasteiger partial charge in [-0.1, -0.05) is 0 Å². The van der Waals surface area contributed by atoms with E-state index in [0.29, 0.717) is 12.1 Å². The van der Waals surface area contributed by atoms with E-state index >= 15 is 0 Å². The van der Waals surface area contributed by atoms with Crippen LogP contribution in [0.2, 0.25) is 0 Å². The topological polar surface area (TPSA) is 77.0 Å². The van der Waals surface area contributed by atoms with Gasteiger partial charge in [-0.3, -0.25) is 4.79 Å². The van der Waals surface area contributed by atoms with Gasteiger partial charge in [-0.05, 0) is 39.7 Å². The Bertz CT molecular complexity index is 706. The fourth-order valence-corrected chi connectivity index (χ4v) is 3.06. The smallest absolute Gasteiger partial charge is 0.254 e. The van der Waals surface area contributed by atoms with Crippen molar-refractivity contribution >= 4 is 16.9 Å². The maximum atomic E-state index is 12.9. The number of aromatic nitrogens is 3. The summed E-state index contributed by atoms with van der Waals surface area (Å²) in [6.45, 7) is 7.42. The highest BCUT2D eigenvalue weighted by atomic mass is 16.2. The maximum absolute atomic E-state index is 12.9. The van der Waals surface area contributed by atoms with Gasteiger partial charge in [-0.2, -0.15) is 5.10 Å². The van der Waals surface area contributed by atoms with Crippen LogP contribution >= 0.6 is 0 Å². The summed E-state index contributed by atoms with van der Waals surface area (Å²) in [7, 11) is 0. The van der Waals surface area contributed by atoms with E-state index in [9.17, 15) is 4.79 Å². The summed E-state index contributed by atoms with van der Waals surface area (Å²) in [5.41, 5.74) is 8.30. The van der Waals surface area contributed by atoms with Crippen LogP contribution in [0.3, 0.4) is 0 Å². The molecule has 2 aromatic rings. The van der Waals surface area contributed by atoms with Crippen molar-refractivity contribution in [1.82, 2.24) is 19.7 Å². The largest absolute Gasteiger partial charge is 0.337 e. The minimum atomic E-state index is 0.0361. The molecule has 1 aliphatic heterocycles. The molecule has 6 nitrogen and oxygen atoms in total. The number of piperidine rings is 1. The van der Waals surface area contributed by atoms with Crippen molar-refractivity contribution in [2.24, 2.45) is 5.73 Å². The average molecular weight is 301 g/mol. The van der Waals surface area contributed by atoms with Crippen LogP contribution in [0.15, 0.2) is 12.3 Å². The molecule has 1 aliphatic rings. The Kier molecular flexibility index (Phi) is 3.87. The van der Waals surface area contributed by atoms with Crippen molar-refractivity contribution in [3.8, 4) is 0 Å². The number of pyridine rings is 1. The molecule has 0 bridgehead atoms. The standard InChI is InChI=1S/C16H23N5O/c1-10(2)21-15-14(8-18-21)13(7-11(3)19-15)16(22)20-6-4-5-12(17)9-20/h7-8,10,12H,4-6,9,17H2,1-3H3. The lowest BCUT2D eigenvalue weighted by atomic mass is 10.0. The number of rotatable bonds is 2. The average Bonchev–Trinajstić information content (AvgIpc) is 2.89. The summed E-state index contributed by atoms with van der Waals surface area (Å²) in [6.07, 6.45) is 3.70. The molecule has 1 saturated heterocycles. The first-order valence-corrected chi connectivity index (χ1v) is 7.87. The Hall–Kier alpha value is -1.95. The van der Waals surface area contributed by atoms with E-state index in [1.165, 1.54) is 0 Å². The molecule has 3 rings (SSSR count). The third-order valence-electron chi connectivity index (χ3n) is 4.16. The molecule has 1 atom stereocenters. The van der Waals surface area contributed by atoms with Crippen LogP contribution in [0.5, 0.6) is 0 Å². The van der Waals surface area contributed by atoms with Crippen LogP contribution in [0.1, 0.15) is 48.8 Å². The highest BCUT2D eigenvalue weighted by Crippen LogP contribution is 2.23. The molecule has 1 fully saturated rings. The number of amides is 1. The molecule has 2 aromatic heterocycles. The van der Waals surface area contributed by atoms with Crippen molar-refractivity contribution in [3.63, 3.8) is 0 Å². The number of aryl methyl sites for hydroxylation is 1. The Morgan fingerprint density at radius 1 is 1.45 bits per heavy atom. The zero-order chi connectivity index (χ0) is 15.9. The zero-order valence-electron chi connectivity index (χ0n) is 13.4. The molecule has 2 N–H and O–H groups in total. The van der Waals surface area contributed by atoms with Crippen LogP contribution < -0.4 is 5.73 Å². The molecule has 118 valence electrons. The van der Waals surface area contributed by atoms with E-state index in [1.807, 2.05) is 22.6 Å². The molecule has 22 heavy (non-hydrogen) atoms. The van der Waals surface area contributed by atoms with Crippen molar-refractivity contribution in [2.45, 2.75) is 45.7 Å². The highest BCUT2D eigenvalue weighted by molar-refractivity contribution is 6.05. The van der Waals surface area contributed by atoms with Gasteiger partial charge in [0.25, 0.3) is 5.91 Å². The van der Waals surface area contributed by atoms with Crippen LogP contribution in [0.4, 0.5) is 0 Å². The van der Waals surface area contributed by atoms with Crippen LogP contribution in [-0.2, 0) is 0 Å². The van der Waals surface area contributed by atoms with Crippen molar-refractivity contribution in [2.75, 3.05) is 13.1 Å². The fourth-order valence-electron chi connectivity index (χ4n) is 3.06. The Morgan fingerprint density at radius 2 is 2.23 bits per heavy atom. The lowest BCUT2D eigenvalue weighted by Gasteiger charge is -2.31. The van der Waals surface area contributed by atoms with Gasteiger partial charge in [0.05, 0.1) is 17.1 Å². The van der Waals surface area contributed by atoms with E-state index in [4.69, 9.17) is 5.73 Å². The number of nitrogens with two attached hydrogens (primary N) is 1. The molecule has 6 heteroatoms. The normalized spacial score (nSPS) is 19.1. The van der Waals surface area contributed by atoms with Crippen LogP contribution in [0, 0.1) is 6.92 Å². The fraction of sp³-hybridized carbons (Fsp3) is 0.562. The first-order chi connectivity index (χ1) is 10.5. The van der Waals surface area contributed by atoms with Gasteiger partial charge in [0.15, 0.2) is 5.65 Å². The molecule has 0 radical (unpaired) electrons. The summed E-state index contributed by atoms with van der Waals surface area (Å²) < 4.78 is 1.86. The molecule has 0 aromatic carbocycles. The van der Waals surface area contributed by atoms with Gasteiger partial charge in [-0.25, -0.2) is 9.67 Å². The van der Waals surface area contributed by atoms with Gasteiger partial charge in [0.2, 0.25) is 0 Å². The highest BCUT2D eigenvalue weighted by Gasteiger charge is 2.25. The number of likely N-dealkylation sites (tertiary alicyclic amines) is 1. The maximum Gasteiger partial charge on any atom is 0.254 e. The van der Waals surface area contributed by atoms with Crippen LogP contribution in [-0.4, -0.2) is 44.7 Å². The molecule has 1 unspecified atom stereocenters. The lowest BCUT2D eigenvalue weighted by molar-refractivity contribution is 0.0710. The van der Waals surface area contributed by atoms with Crippen LogP contribution in [0.25, 0.3) is 11.0 Å². The first kappa shape index (κ1) is 15.0. The molecule has 1 amide bonds. The number of hydrogen-bond acceptors (Lipinski definition) is 4. The predicted molar refractivity (Wildman–Crippen MR) is 85.8 cm³/mol. The summed E-state index contributed by atoms with van der Waals surface area (Å²) in [4.78, 5) is 19.3. The number of carbonyl (C=O) groups excluding carboxylic acids is 1. The Morgan fingerprint density at radius 3 is 2.91 bits per heavy atom. The van der Waals surface area contributed by atoms with E-state index in [-0.39, 0.29) is 18.0 Å². The molecule has 0 spiro atoms. The molecule has 0 saturated carbocycles. The van der Waals surface area contributed by atoms with E-state index in [0.717, 1.165) is 36.1 Å². The summed E-state index contributed by atoms with van der Waals surface area (Å²) in [5, 5.41) is 5.22. The van der Waals surface area contributed by atoms with Crippen molar-refractivity contribution in [3.05, 3.63) is 23.5 Å². The second-order valence-corrected chi connectivity index (χ2v) is 6.38. The summed E-state index contributed by atoms with van der Waals surface area (Å²) in [6, 6.07) is 2.14. The van der Waals surface area contributed by atoms with Gasteiger partial charge < -0.3 is 10.6 Å². The van der Waals surface area contributed by atoms with E-state index < -0.39 is 0 Å². The number of hydrogen-bond donors (Lipinski definition) is 1. The van der Waals surface area contributed by atoms with Gasteiger partial charge in [0, 0.05) is 30.9 Å². The zero-order valence-corrected chi connectivity index (χ0v) is 13.4. The molecule has 3 heterocycles.